The number of carbonyl (C=O) groups excluding carboxylic acids is 2. The number of nitrogens with one attached hydrogen (secondary N) is 2. The minimum Gasteiger partial charge on any atom is -0.463 e. The molecular weight excluding hydrogens is 502 g/mol. The van der Waals surface area contributed by atoms with Crippen LogP contribution >= 0.6 is 11.8 Å². The zero-order valence-electron chi connectivity index (χ0n) is 20.9. The number of thioether (sulfide) groups is 1. The van der Waals surface area contributed by atoms with Crippen LogP contribution in [0.1, 0.15) is 50.2 Å². The molecule has 9 nitrogen and oxygen atoms in total. The monoisotopic (exact) mass is 530 g/mol. The first-order chi connectivity index (χ1) is 17.3. The number of amides is 2. The van der Waals surface area contributed by atoms with Crippen LogP contribution in [-0.4, -0.2) is 50.5 Å². The predicted octanol–water partition coefficient (Wildman–Crippen LogP) is 3.17. The first-order valence-corrected chi connectivity index (χ1v) is 12.0. The minimum atomic E-state index is -1.25. The van der Waals surface area contributed by atoms with Gasteiger partial charge in [0.15, 0.2) is 11.8 Å². The number of nitrogens with two attached hydrogens (primary N) is 1. The molecular formula is C25H28F2N6O3S. The normalized spacial score (nSPS) is 21.4. The standard InChI is InChI=1S/C25H28F2N6O3S/c1-6-9-36-19-12-29-18(11-30-19)20(34)31-15-7-8-17(27)16(10-15)24(4)13-25(5,37-22(28)33-24)21(35)32-23(2,3)14-26/h1,7-8,10-12H,9,13-14H2,2-5H3,(H2,28,33)(H,31,34)(H,32,35)/t24-,25+/m0/s1. The Kier molecular flexibility index (Phi) is 8.07. The Morgan fingerprint density at radius 1 is 1.30 bits per heavy atom. The van der Waals surface area contributed by atoms with Crippen molar-refractivity contribution in [2.45, 2.75) is 49.9 Å². The molecule has 12 heteroatoms. The van der Waals surface area contributed by atoms with Crippen molar-refractivity contribution in [3.8, 4) is 18.2 Å². The second-order valence-corrected chi connectivity index (χ2v) is 11.1. The molecule has 2 heterocycles. The van der Waals surface area contributed by atoms with Crippen LogP contribution in [0.15, 0.2) is 35.6 Å². The molecule has 37 heavy (non-hydrogen) atoms. The SMILES string of the molecule is C#CCOc1cnc(C(=O)Nc2ccc(F)c([C@]3(C)C[C@](C)(C(=O)NC(C)(C)CF)SC(N)=N3)c2)cn1. The summed E-state index contributed by atoms with van der Waals surface area (Å²) in [6.07, 6.45) is 7.68. The van der Waals surface area contributed by atoms with Gasteiger partial charge in [0.2, 0.25) is 11.8 Å². The maximum Gasteiger partial charge on any atom is 0.275 e. The number of hydrogen-bond donors (Lipinski definition) is 3. The number of aliphatic imine (C=N–C) groups is 1. The molecule has 1 aromatic carbocycles. The molecule has 196 valence electrons. The van der Waals surface area contributed by atoms with Crippen molar-refractivity contribution in [3.63, 3.8) is 0 Å². The molecule has 0 radical (unpaired) electrons. The molecule has 2 aromatic rings. The Hall–Kier alpha value is -3.72. The van der Waals surface area contributed by atoms with E-state index in [1.807, 2.05) is 0 Å². The van der Waals surface area contributed by atoms with E-state index in [1.54, 1.807) is 27.7 Å². The highest BCUT2D eigenvalue weighted by atomic mass is 32.2. The van der Waals surface area contributed by atoms with Crippen molar-refractivity contribution in [3.05, 3.63) is 47.7 Å². The number of alkyl halides is 1. The van der Waals surface area contributed by atoms with Gasteiger partial charge in [-0.3, -0.25) is 14.6 Å². The summed E-state index contributed by atoms with van der Waals surface area (Å²) in [5.41, 5.74) is 4.15. The molecule has 2 amide bonds. The fraction of sp³-hybridized carbons (Fsp3) is 0.400. The van der Waals surface area contributed by atoms with E-state index in [0.717, 1.165) is 11.8 Å². The third kappa shape index (κ3) is 6.54. The summed E-state index contributed by atoms with van der Waals surface area (Å²) in [4.78, 5) is 38.2. The smallest absolute Gasteiger partial charge is 0.275 e. The number of rotatable bonds is 8. The summed E-state index contributed by atoms with van der Waals surface area (Å²) >= 11 is 1.03. The van der Waals surface area contributed by atoms with Gasteiger partial charge in [0.1, 0.15) is 22.9 Å². The summed E-state index contributed by atoms with van der Waals surface area (Å²) in [7, 11) is 0. The van der Waals surface area contributed by atoms with Crippen LogP contribution in [0.25, 0.3) is 0 Å². The van der Waals surface area contributed by atoms with E-state index in [0.29, 0.717) is 0 Å². The first-order valence-electron chi connectivity index (χ1n) is 11.2. The maximum absolute atomic E-state index is 15.1. The van der Waals surface area contributed by atoms with Crippen LogP contribution in [0.3, 0.4) is 0 Å². The Labute approximate surface area is 218 Å². The Balaban J connectivity index is 1.86. The number of aromatic nitrogens is 2. The zero-order chi connectivity index (χ0) is 27.4. The molecule has 1 aliphatic heterocycles. The van der Waals surface area contributed by atoms with E-state index in [-0.39, 0.29) is 41.0 Å². The third-order valence-electron chi connectivity index (χ3n) is 5.60. The summed E-state index contributed by atoms with van der Waals surface area (Å²) in [5.74, 6) is 0.844. The molecule has 0 unspecified atom stereocenters. The van der Waals surface area contributed by atoms with E-state index in [9.17, 15) is 14.0 Å². The van der Waals surface area contributed by atoms with Gasteiger partial charge >= 0.3 is 0 Å². The van der Waals surface area contributed by atoms with Gasteiger partial charge < -0.3 is 21.1 Å². The largest absolute Gasteiger partial charge is 0.463 e. The predicted molar refractivity (Wildman–Crippen MR) is 138 cm³/mol. The molecule has 3 rings (SSSR count). The zero-order valence-corrected chi connectivity index (χ0v) is 21.7. The van der Waals surface area contributed by atoms with Crippen molar-refractivity contribution < 1.29 is 23.1 Å². The Morgan fingerprint density at radius 2 is 2.03 bits per heavy atom. The molecule has 0 saturated heterocycles. The van der Waals surface area contributed by atoms with Crippen LogP contribution in [0.4, 0.5) is 14.5 Å². The lowest BCUT2D eigenvalue weighted by molar-refractivity contribution is -0.125. The summed E-state index contributed by atoms with van der Waals surface area (Å²) in [6.45, 7) is 5.67. The van der Waals surface area contributed by atoms with Gasteiger partial charge in [0, 0.05) is 17.7 Å². The second kappa shape index (κ2) is 10.7. The van der Waals surface area contributed by atoms with Crippen molar-refractivity contribution >= 4 is 34.4 Å². The van der Waals surface area contributed by atoms with E-state index >= 15 is 4.39 Å². The van der Waals surface area contributed by atoms with Crippen molar-refractivity contribution in [2.75, 3.05) is 18.6 Å². The molecule has 0 fully saturated rings. The van der Waals surface area contributed by atoms with Crippen LogP contribution in [0.2, 0.25) is 0 Å². The van der Waals surface area contributed by atoms with Gasteiger partial charge in [0.25, 0.3) is 5.91 Å². The number of amidine groups is 1. The lowest BCUT2D eigenvalue weighted by Crippen LogP contribution is -2.56. The molecule has 1 aliphatic rings. The van der Waals surface area contributed by atoms with Crippen LogP contribution in [-0.2, 0) is 10.3 Å². The van der Waals surface area contributed by atoms with Gasteiger partial charge in [-0.25, -0.2) is 18.7 Å². The topological polar surface area (TPSA) is 132 Å². The van der Waals surface area contributed by atoms with Gasteiger partial charge in [-0.15, -0.1) is 6.42 Å². The fourth-order valence-corrected chi connectivity index (χ4v) is 5.02. The molecule has 2 atom stereocenters. The van der Waals surface area contributed by atoms with Gasteiger partial charge in [-0.05, 0) is 45.9 Å². The Bertz CT molecular complexity index is 1260. The fourth-order valence-electron chi connectivity index (χ4n) is 3.82. The number of nitrogens with zero attached hydrogens (tertiary/aromatic N) is 3. The summed E-state index contributed by atoms with van der Waals surface area (Å²) in [5, 5.41) is 5.42. The quantitative estimate of drug-likeness (QED) is 0.447. The van der Waals surface area contributed by atoms with Crippen molar-refractivity contribution in [1.82, 2.24) is 15.3 Å². The van der Waals surface area contributed by atoms with Gasteiger partial charge in [-0.2, -0.15) is 0 Å². The highest BCUT2D eigenvalue weighted by Crippen LogP contribution is 2.46. The van der Waals surface area contributed by atoms with Crippen molar-refractivity contribution in [2.24, 2.45) is 10.7 Å². The van der Waals surface area contributed by atoms with E-state index in [4.69, 9.17) is 16.9 Å². The summed E-state index contributed by atoms with van der Waals surface area (Å²) in [6, 6.07) is 4.01. The Morgan fingerprint density at radius 3 is 2.65 bits per heavy atom. The third-order valence-corrected chi connectivity index (χ3v) is 6.68. The highest BCUT2D eigenvalue weighted by Gasteiger charge is 2.48. The first kappa shape index (κ1) is 27.9. The number of benzene rings is 1. The molecule has 0 bridgehead atoms. The van der Waals surface area contributed by atoms with E-state index < -0.39 is 40.1 Å². The molecule has 0 aliphatic carbocycles. The van der Waals surface area contributed by atoms with E-state index in [1.165, 1.54) is 30.6 Å². The lowest BCUT2D eigenvalue weighted by Gasteiger charge is -2.41. The summed E-state index contributed by atoms with van der Waals surface area (Å²) < 4.78 is 32.4. The number of carbonyl (C=O) groups is 2. The molecule has 0 spiro atoms. The number of halogens is 2. The lowest BCUT2D eigenvalue weighted by atomic mass is 9.82. The number of anilines is 1. The van der Waals surface area contributed by atoms with Crippen LogP contribution < -0.4 is 21.1 Å². The minimum absolute atomic E-state index is 0.00111. The van der Waals surface area contributed by atoms with Crippen molar-refractivity contribution in [1.29, 1.82) is 0 Å². The average Bonchev–Trinajstić information content (AvgIpc) is 2.83. The van der Waals surface area contributed by atoms with Crippen LogP contribution in [0.5, 0.6) is 5.88 Å². The second-order valence-electron chi connectivity index (χ2n) is 9.59. The molecule has 4 N–H and O–H groups in total. The van der Waals surface area contributed by atoms with Gasteiger partial charge in [0.05, 0.1) is 23.5 Å². The number of ether oxygens (including phenoxy) is 1. The maximum atomic E-state index is 15.1. The van der Waals surface area contributed by atoms with E-state index in [2.05, 4.69) is 31.5 Å². The highest BCUT2D eigenvalue weighted by molar-refractivity contribution is 8.15. The number of hydrogen-bond acceptors (Lipinski definition) is 8. The van der Waals surface area contributed by atoms with Crippen LogP contribution in [0, 0.1) is 18.2 Å². The molecule has 0 saturated carbocycles. The number of terminal acetylenes is 1. The van der Waals surface area contributed by atoms with Gasteiger partial charge in [-0.1, -0.05) is 17.7 Å². The molecule has 1 aromatic heterocycles. The average molecular weight is 531 g/mol.